The molecule has 0 saturated heterocycles. The van der Waals surface area contributed by atoms with Gasteiger partial charge in [-0.1, -0.05) is 6.92 Å². The van der Waals surface area contributed by atoms with E-state index in [2.05, 4.69) is 0 Å². The fourth-order valence-electron chi connectivity index (χ4n) is 1.28. The van der Waals surface area contributed by atoms with Gasteiger partial charge in [-0.25, -0.2) is 0 Å². The molecular formula is C7H17NO4Si. The monoisotopic (exact) mass is 207 g/mol. The molecule has 0 aliphatic rings. The van der Waals surface area contributed by atoms with Crippen LogP contribution in [0.5, 0.6) is 0 Å². The summed E-state index contributed by atoms with van der Waals surface area (Å²) in [6.45, 7) is 1.83. The number of nitrogens with two attached hydrogens (primary N) is 1. The molecule has 0 spiro atoms. The van der Waals surface area contributed by atoms with Crippen molar-refractivity contribution in [1.29, 1.82) is 0 Å². The highest BCUT2D eigenvalue weighted by molar-refractivity contribution is 6.62. The molecule has 0 rings (SSSR count). The van der Waals surface area contributed by atoms with Crippen LogP contribution in [0, 0.1) is 0 Å². The molecule has 0 aromatic carbocycles. The van der Waals surface area contributed by atoms with Gasteiger partial charge in [0.1, 0.15) is 0 Å². The van der Waals surface area contributed by atoms with Crippen molar-refractivity contribution in [1.82, 2.24) is 0 Å². The molecule has 0 bridgehead atoms. The summed E-state index contributed by atoms with van der Waals surface area (Å²) < 4.78 is 15.6. The van der Waals surface area contributed by atoms with Crippen LogP contribution in [0.4, 0.5) is 0 Å². The molecule has 5 nitrogen and oxygen atoms in total. The molecule has 0 radical (unpaired) electrons. The number of primary amides is 1. The quantitative estimate of drug-likeness (QED) is 0.628. The van der Waals surface area contributed by atoms with Crippen molar-refractivity contribution >= 4 is 14.7 Å². The van der Waals surface area contributed by atoms with Gasteiger partial charge in [0, 0.05) is 33.3 Å². The fourth-order valence-corrected chi connectivity index (χ4v) is 3.44. The van der Waals surface area contributed by atoms with Crippen LogP contribution in [0.25, 0.3) is 0 Å². The maximum absolute atomic E-state index is 10.7. The van der Waals surface area contributed by atoms with Gasteiger partial charge in [-0.3, -0.25) is 4.79 Å². The average Bonchev–Trinajstić information content (AvgIpc) is 2.07. The summed E-state index contributed by atoms with van der Waals surface area (Å²) in [6.07, 6.45) is 0.210. The predicted octanol–water partition coefficient (Wildman–Crippen LogP) is 0.130. The Morgan fingerprint density at radius 1 is 1.31 bits per heavy atom. The van der Waals surface area contributed by atoms with Crippen LogP contribution in [-0.4, -0.2) is 36.0 Å². The van der Waals surface area contributed by atoms with E-state index in [1.165, 1.54) is 21.3 Å². The van der Waals surface area contributed by atoms with Crippen molar-refractivity contribution in [3.63, 3.8) is 0 Å². The molecule has 1 atom stereocenters. The largest absolute Gasteiger partial charge is 0.503 e. The van der Waals surface area contributed by atoms with E-state index in [1.807, 2.05) is 6.92 Å². The lowest BCUT2D eigenvalue weighted by Gasteiger charge is -2.29. The Kier molecular flexibility index (Phi) is 5.15. The Morgan fingerprint density at radius 3 is 1.92 bits per heavy atom. The molecule has 1 unspecified atom stereocenters. The summed E-state index contributed by atoms with van der Waals surface area (Å²) in [5.41, 5.74) is 4.95. The van der Waals surface area contributed by atoms with Crippen LogP contribution in [0.3, 0.4) is 0 Å². The first-order chi connectivity index (χ1) is 6.02. The van der Waals surface area contributed by atoms with Crippen molar-refractivity contribution in [3.8, 4) is 0 Å². The van der Waals surface area contributed by atoms with Crippen LogP contribution in [0.15, 0.2) is 0 Å². The van der Waals surface area contributed by atoms with Crippen molar-refractivity contribution in [2.45, 2.75) is 18.9 Å². The van der Waals surface area contributed by atoms with Crippen molar-refractivity contribution in [3.05, 3.63) is 0 Å². The van der Waals surface area contributed by atoms with Gasteiger partial charge in [-0.15, -0.1) is 0 Å². The standard InChI is InChI=1S/C7H17NO4Si/c1-6(5-7(8)9)13(10-2,11-3)12-4/h6H,5H2,1-4H3,(H2,8,9). The summed E-state index contributed by atoms with van der Waals surface area (Å²) in [5, 5.41) is 0. The molecule has 0 heterocycles. The second-order valence-corrected chi connectivity index (χ2v) is 6.20. The Morgan fingerprint density at radius 2 is 1.69 bits per heavy atom. The third kappa shape index (κ3) is 3.07. The lowest BCUT2D eigenvalue weighted by molar-refractivity contribution is -0.118. The molecule has 0 saturated carbocycles. The molecule has 6 heteroatoms. The first kappa shape index (κ1) is 12.6. The molecule has 0 aromatic rings. The zero-order valence-corrected chi connectivity index (χ0v) is 9.49. The van der Waals surface area contributed by atoms with Gasteiger partial charge < -0.3 is 19.0 Å². The summed E-state index contributed by atoms with van der Waals surface area (Å²) in [6, 6.07) is 0. The first-order valence-corrected chi connectivity index (χ1v) is 5.76. The average molecular weight is 207 g/mol. The van der Waals surface area contributed by atoms with E-state index in [0.29, 0.717) is 0 Å². The lowest BCUT2D eigenvalue weighted by atomic mass is 10.3. The van der Waals surface area contributed by atoms with Gasteiger partial charge in [0.2, 0.25) is 5.91 Å². The SMILES string of the molecule is CO[Si](OC)(OC)C(C)CC(N)=O. The minimum absolute atomic E-state index is 0.120. The number of carbonyl (C=O) groups is 1. The third-order valence-corrected chi connectivity index (χ3v) is 5.08. The van der Waals surface area contributed by atoms with Crippen molar-refractivity contribution in [2.75, 3.05) is 21.3 Å². The number of carbonyl (C=O) groups excluding carboxylic acids is 1. The van der Waals surface area contributed by atoms with E-state index in [4.69, 9.17) is 19.0 Å². The number of amides is 1. The second-order valence-electron chi connectivity index (χ2n) is 2.79. The van der Waals surface area contributed by atoms with Gasteiger partial charge in [0.05, 0.1) is 0 Å². The van der Waals surface area contributed by atoms with Gasteiger partial charge in [-0.05, 0) is 0 Å². The maximum Gasteiger partial charge on any atom is 0.503 e. The normalized spacial score (nSPS) is 14.2. The molecule has 1 amide bonds. The van der Waals surface area contributed by atoms with E-state index < -0.39 is 8.80 Å². The molecule has 0 aliphatic carbocycles. The number of rotatable bonds is 6. The van der Waals surface area contributed by atoms with Gasteiger partial charge in [0.25, 0.3) is 0 Å². The lowest BCUT2D eigenvalue weighted by Crippen LogP contribution is -2.47. The molecule has 0 aliphatic heterocycles. The first-order valence-electron chi connectivity index (χ1n) is 3.96. The minimum atomic E-state index is -2.68. The van der Waals surface area contributed by atoms with Gasteiger partial charge >= 0.3 is 8.80 Å². The Balaban J connectivity index is 4.43. The molecule has 0 fully saturated rings. The fraction of sp³-hybridized carbons (Fsp3) is 0.857. The van der Waals surface area contributed by atoms with Crippen LogP contribution in [-0.2, 0) is 18.1 Å². The van der Waals surface area contributed by atoms with E-state index in [1.54, 1.807) is 0 Å². The highest BCUT2D eigenvalue weighted by Crippen LogP contribution is 2.26. The Bertz CT molecular complexity index is 164. The third-order valence-electron chi connectivity index (χ3n) is 1.96. The number of hydrogen-bond acceptors (Lipinski definition) is 4. The highest BCUT2D eigenvalue weighted by atomic mass is 28.4. The summed E-state index contributed by atoms with van der Waals surface area (Å²) in [7, 11) is 1.85. The highest BCUT2D eigenvalue weighted by Gasteiger charge is 2.45. The molecule has 78 valence electrons. The second kappa shape index (κ2) is 5.33. The minimum Gasteiger partial charge on any atom is -0.377 e. The molecule has 0 aromatic heterocycles. The van der Waals surface area contributed by atoms with Crippen LogP contribution >= 0.6 is 0 Å². The van der Waals surface area contributed by atoms with Gasteiger partial charge in [-0.2, -0.15) is 0 Å². The van der Waals surface area contributed by atoms with Crippen LogP contribution in [0.2, 0.25) is 5.54 Å². The number of hydrogen-bond donors (Lipinski definition) is 1. The summed E-state index contributed by atoms with van der Waals surface area (Å²) in [5.74, 6) is -0.379. The Labute approximate surface area is 79.5 Å². The van der Waals surface area contributed by atoms with Crippen molar-refractivity contribution in [2.24, 2.45) is 5.73 Å². The van der Waals surface area contributed by atoms with E-state index in [0.717, 1.165) is 0 Å². The zero-order chi connectivity index (χ0) is 10.5. The Hall–Kier alpha value is -0.433. The van der Waals surface area contributed by atoms with E-state index in [-0.39, 0.29) is 17.9 Å². The van der Waals surface area contributed by atoms with Crippen molar-refractivity contribution < 1.29 is 18.1 Å². The summed E-state index contributed by atoms with van der Waals surface area (Å²) >= 11 is 0. The molecule has 13 heavy (non-hydrogen) atoms. The predicted molar refractivity (Wildman–Crippen MR) is 50.0 cm³/mol. The van der Waals surface area contributed by atoms with E-state index >= 15 is 0 Å². The smallest absolute Gasteiger partial charge is 0.377 e. The van der Waals surface area contributed by atoms with Crippen LogP contribution < -0.4 is 5.73 Å². The maximum atomic E-state index is 10.7. The zero-order valence-electron chi connectivity index (χ0n) is 8.49. The summed E-state index contributed by atoms with van der Waals surface area (Å²) in [4.78, 5) is 10.7. The van der Waals surface area contributed by atoms with Gasteiger partial charge in [0.15, 0.2) is 0 Å². The van der Waals surface area contributed by atoms with Crippen LogP contribution in [0.1, 0.15) is 13.3 Å². The molecular weight excluding hydrogens is 190 g/mol. The topological polar surface area (TPSA) is 70.8 Å². The van der Waals surface area contributed by atoms with E-state index in [9.17, 15) is 4.79 Å². The molecule has 2 N–H and O–H groups in total.